The third kappa shape index (κ3) is 5.34. The van der Waals surface area contributed by atoms with Gasteiger partial charge in [0.2, 0.25) is 0 Å². The lowest BCUT2D eigenvalue weighted by Gasteiger charge is -2.37. The van der Waals surface area contributed by atoms with Crippen LogP contribution in [-0.2, 0) is 4.74 Å². The summed E-state index contributed by atoms with van der Waals surface area (Å²) in [6, 6.07) is 8.34. The third-order valence-corrected chi connectivity index (χ3v) is 4.13. The molecule has 2 rings (SSSR count). The summed E-state index contributed by atoms with van der Waals surface area (Å²) in [4.78, 5) is 13.6. The van der Waals surface area contributed by atoms with Gasteiger partial charge in [-0.25, -0.2) is 4.79 Å². The predicted molar refractivity (Wildman–Crippen MR) is 94.5 cm³/mol. The highest BCUT2D eigenvalue weighted by Crippen LogP contribution is 2.34. The standard InChI is InChI=1S/C18H29N3O2/c1-18(2,3)23-17(22)21(4)10-9-13-11-14(12-13)20-16-8-6-5-7-15(16)19/h5-8,13-14,20H,9-12,19H2,1-4H3. The number of nitrogens with two attached hydrogens (primary N) is 1. The Morgan fingerprint density at radius 2 is 2.00 bits per heavy atom. The number of ether oxygens (including phenoxy) is 1. The van der Waals surface area contributed by atoms with Crippen molar-refractivity contribution in [2.24, 2.45) is 5.92 Å². The Bertz CT molecular complexity index is 533. The molecule has 1 aliphatic rings. The van der Waals surface area contributed by atoms with Crippen LogP contribution >= 0.6 is 0 Å². The molecule has 0 bridgehead atoms. The largest absolute Gasteiger partial charge is 0.444 e. The molecule has 0 aromatic heterocycles. The number of nitrogens with one attached hydrogen (secondary N) is 1. The number of nitrogens with zero attached hydrogens (tertiary/aromatic N) is 1. The van der Waals surface area contributed by atoms with Gasteiger partial charge < -0.3 is 20.7 Å². The molecule has 23 heavy (non-hydrogen) atoms. The summed E-state index contributed by atoms with van der Waals surface area (Å²) in [6.07, 6.45) is 3.01. The number of carbonyl (C=O) groups excluding carboxylic acids is 1. The average Bonchev–Trinajstić information content (AvgIpc) is 2.40. The van der Waals surface area contributed by atoms with E-state index in [9.17, 15) is 4.79 Å². The number of hydrogen-bond donors (Lipinski definition) is 2. The van der Waals surface area contributed by atoms with Crippen molar-refractivity contribution in [2.45, 2.75) is 51.7 Å². The first-order valence-electron chi connectivity index (χ1n) is 8.30. The molecule has 1 amide bonds. The molecule has 1 saturated carbocycles. The lowest BCUT2D eigenvalue weighted by atomic mass is 9.78. The fourth-order valence-corrected chi connectivity index (χ4v) is 2.74. The highest BCUT2D eigenvalue weighted by molar-refractivity contribution is 5.67. The Hall–Kier alpha value is -1.91. The number of carbonyl (C=O) groups is 1. The smallest absolute Gasteiger partial charge is 0.410 e. The first-order valence-corrected chi connectivity index (χ1v) is 8.30. The number of benzene rings is 1. The minimum absolute atomic E-state index is 0.247. The lowest BCUT2D eigenvalue weighted by molar-refractivity contribution is 0.0283. The molecule has 0 radical (unpaired) electrons. The van der Waals surface area contributed by atoms with Crippen molar-refractivity contribution < 1.29 is 9.53 Å². The van der Waals surface area contributed by atoms with Crippen LogP contribution in [0.3, 0.4) is 0 Å². The molecule has 1 aromatic rings. The van der Waals surface area contributed by atoms with Gasteiger partial charge in [0.05, 0.1) is 11.4 Å². The van der Waals surface area contributed by atoms with E-state index in [0.29, 0.717) is 12.0 Å². The van der Waals surface area contributed by atoms with Gasteiger partial charge >= 0.3 is 6.09 Å². The molecule has 0 unspecified atom stereocenters. The fourth-order valence-electron chi connectivity index (χ4n) is 2.74. The molecule has 1 aromatic carbocycles. The van der Waals surface area contributed by atoms with Gasteiger partial charge in [0.1, 0.15) is 5.60 Å². The van der Waals surface area contributed by atoms with Crippen molar-refractivity contribution in [3.05, 3.63) is 24.3 Å². The van der Waals surface area contributed by atoms with Crippen molar-refractivity contribution in [1.29, 1.82) is 0 Å². The second kappa shape index (κ2) is 7.11. The molecule has 1 fully saturated rings. The number of anilines is 2. The SMILES string of the molecule is CN(CCC1CC(Nc2ccccc2N)C1)C(=O)OC(C)(C)C. The Kier molecular flexibility index (Phi) is 5.39. The zero-order chi connectivity index (χ0) is 17.0. The minimum Gasteiger partial charge on any atom is -0.444 e. The molecule has 5 nitrogen and oxygen atoms in total. The van der Waals surface area contributed by atoms with Crippen LogP contribution in [0.5, 0.6) is 0 Å². The summed E-state index contributed by atoms with van der Waals surface area (Å²) in [5.74, 6) is 0.655. The molecule has 0 spiro atoms. The van der Waals surface area contributed by atoms with Crippen molar-refractivity contribution in [2.75, 3.05) is 24.6 Å². The number of nitrogen functional groups attached to an aromatic ring is 1. The summed E-state index contributed by atoms with van der Waals surface area (Å²) in [7, 11) is 1.80. The molecule has 3 N–H and O–H groups in total. The van der Waals surface area contributed by atoms with Crippen LogP contribution in [0.2, 0.25) is 0 Å². The van der Waals surface area contributed by atoms with E-state index in [1.807, 2.05) is 45.0 Å². The number of rotatable bonds is 5. The second-order valence-electron chi connectivity index (χ2n) is 7.46. The van der Waals surface area contributed by atoms with E-state index in [1.165, 1.54) is 0 Å². The van der Waals surface area contributed by atoms with Gasteiger partial charge in [0.15, 0.2) is 0 Å². The fraction of sp³-hybridized carbons (Fsp3) is 0.611. The van der Waals surface area contributed by atoms with E-state index < -0.39 is 5.60 Å². The van der Waals surface area contributed by atoms with E-state index >= 15 is 0 Å². The Morgan fingerprint density at radius 3 is 2.61 bits per heavy atom. The molecule has 128 valence electrons. The summed E-state index contributed by atoms with van der Waals surface area (Å²) in [5.41, 5.74) is 7.31. The third-order valence-electron chi connectivity index (χ3n) is 4.13. The monoisotopic (exact) mass is 319 g/mol. The van der Waals surface area contributed by atoms with E-state index in [2.05, 4.69) is 5.32 Å². The van der Waals surface area contributed by atoms with Crippen LogP contribution in [0.15, 0.2) is 24.3 Å². The zero-order valence-electron chi connectivity index (χ0n) is 14.6. The van der Waals surface area contributed by atoms with Crippen LogP contribution in [0.4, 0.5) is 16.2 Å². The van der Waals surface area contributed by atoms with Crippen LogP contribution < -0.4 is 11.1 Å². The Balaban J connectivity index is 1.66. The van der Waals surface area contributed by atoms with Crippen molar-refractivity contribution >= 4 is 17.5 Å². The molecular formula is C18H29N3O2. The highest BCUT2D eigenvalue weighted by atomic mass is 16.6. The summed E-state index contributed by atoms with van der Waals surface area (Å²) in [6.45, 7) is 6.39. The van der Waals surface area contributed by atoms with Gasteiger partial charge in [0.25, 0.3) is 0 Å². The maximum absolute atomic E-state index is 11.9. The first kappa shape index (κ1) is 17.4. The normalized spacial score (nSPS) is 20.5. The van der Waals surface area contributed by atoms with E-state index in [1.54, 1.807) is 11.9 Å². The summed E-state index contributed by atoms with van der Waals surface area (Å²) < 4.78 is 5.36. The van der Waals surface area contributed by atoms with Crippen LogP contribution in [0.1, 0.15) is 40.0 Å². The van der Waals surface area contributed by atoms with E-state index in [-0.39, 0.29) is 6.09 Å². The number of amides is 1. The number of hydrogen-bond acceptors (Lipinski definition) is 4. The first-order chi connectivity index (χ1) is 10.7. The zero-order valence-corrected chi connectivity index (χ0v) is 14.6. The van der Waals surface area contributed by atoms with Gasteiger partial charge in [-0.05, 0) is 58.1 Å². The van der Waals surface area contributed by atoms with Crippen LogP contribution in [0.25, 0.3) is 0 Å². The highest BCUT2D eigenvalue weighted by Gasteiger charge is 2.30. The van der Waals surface area contributed by atoms with Gasteiger partial charge in [-0.1, -0.05) is 12.1 Å². The summed E-state index contributed by atoms with van der Waals surface area (Å²) >= 11 is 0. The van der Waals surface area contributed by atoms with Crippen molar-refractivity contribution in [3.63, 3.8) is 0 Å². The van der Waals surface area contributed by atoms with Crippen molar-refractivity contribution in [3.8, 4) is 0 Å². The maximum atomic E-state index is 11.9. The van der Waals surface area contributed by atoms with Gasteiger partial charge in [-0.15, -0.1) is 0 Å². The molecule has 0 saturated heterocycles. The van der Waals surface area contributed by atoms with Gasteiger partial charge in [-0.3, -0.25) is 0 Å². The Morgan fingerprint density at radius 1 is 1.35 bits per heavy atom. The molecule has 0 heterocycles. The van der Waals surface area contributed by atoms with Crippen molar-refractivity contribution in [1.82, 2.24) is 4.90 Å². The van der Waals surface area contributed by atoms with Gasteiger partial charge in [0, 0.05) is 19.6 Å². The molecule has 0 aliphatic heterocycles. The quantitative estimate of drug-likeness (QED) is 0.812. The van der Waals surface area contributed by atoms with E-state index in [4.69, 9.17) is 10.5 Å². The molecular weight excluding hydrogens is 290 g/mol. The predicted octanol–water partition coefficient (Wildman–Crippen LogP) is 3.72. The van der Waals surface area contributed by atoms with E-state index in [0.717, 1.165) is 37.2 Å². The average molecular weight is 319 g/mol. The topological polar surface area (TPSA) is 67.6 Å². The maximum Gasteiger partial charge on any atom is 0.410 e. The number of para-hydroxylation sites is 2. The lowest BCUT2D eigenvalue weighted by Crippen LogP contribution is -2.39. The molecule has 5 heteroatoms. The molecule has 1 aliphatic carbocycles. The van der Waals surface area contributed by atoms with Crippen LogP contribution in [-0.4, -0.2) is 36.2 Å². The van der Waals surface area contributed by atoms with Gasteiger partial charge in [-0.2, -0.15) is 0 Å². The summed E-state index contributed by atoms with van der Waals surface area (Å²) in [5, 5.41) is 3.49. The molecule has 0 atom stereocenters. The van der Waals surface area contributed by atoms with Crippen LogP contribution in [0, 0.1) is 5.92 Å². The second-order valence-corrected chi connectivity index (χ2v) is 7.46. The Labute approximate surface area is 139 Å². The minimum atomic E-state index is -0.438.